The predicted octanol–water partition coefficient (Wildman–Crippen LogP) is 4.88. The van der Waals surface area contributed by atoms with Crippen LogP contribution < -0.4 is 10.1 Å². The summed E-state index contributed by atoms with van der Waals surface area (Å²) in [6.07, 6.45) is 0.990. The molecule has 2 aromatic rings. The van der Waals surface area contributed by atoms with E-state index in [9.17, 15) is 4.39 Å². The zero-order chi connectivity index (χ0) is 14.4. The molecule has 0 aliphatic carbocycles. The van der Waals surface area contributed by atoms with E-state index in [-0.39, 0.29) is 5.82 Å². The highest BCUT2D eigenvalue weighted by Gasteiger charge is 2.00. The molecule has 0 amide bonds. The van der Waals surface area contributed by atoms with Gasteiger partial charge in [-0.15, -0.1) is 0 Å². The van der Waals surface area contributed by atoms with Crippen LogP contribution in [0.25, 0.3) is 0 Å². The van der Waals surface area contributed by atoms with E-state index in [1.54, 1.807) is 6.07 Å². The number of hydrogen-bond donors (Lipinski definition) is 1. The van der Waals surface area contributed by atoms with Crippen LogP contribution in [0.2, 0.25) is 5.02 Å². The largest absolute Gasteiger partial charge is 0.494 e. The van der Waals surface area contributed by atoms with E-state index < -0.39 is 0 Å². The highest BCUT2D eigenvalue weighted by molar-refractivity contribution is 6.30. The third-order valence-electron chi connectivity index (χ3n) is 2.76. The lowest BCUT2D eigenvalue weighted by atomic mass is 10.2. The fraction of sp³-hybridized carbons (Fsp3) is 0.250. The lowest BCUT2D eigenvalue weighted by molar-refractivity contribution is 0.317. The Bertz CT molecular complexity index is 537. The minimum Gasteiger partial charge on any atom is -0.494 e. The molecule has 106 valence electrons. The van der Waals surface area contributed by atoms with Crippen molar-refractivity contribution in [1.29, 1.82) is 0 Å². The number of rotatable bonds is 6. The van der Waals surface area contributed by atoms with Gasteiger partial charge in [0.15, 0.2) is 0 Å². The number of hydrogen-bond acceptors (Lipinski definition) is 2. The molecule has 1 N–H and O–H groups in total. The molecule has 0 aromatic heterocycles. The lowest BCUT2D eigenvalue weighted by Gasteiger charge is -2.09. The molecule has 0 atom stereocenters. The molecule has 20 heavy (non-hydrogen) atoms. The van der Waals surface area contributed by atoms with Gasteiger partial charge in [-0.2, -0.15) is 0 Å². The Morgan fingerprint density at radius 1 is 1.15 bits per heavy atom. The van der Waals surface area contributed by atoms with Crippen molar-refractivity contribution in [2.24, 2.45) is 0 Å². The van der Waals surface area contributed by atoms with Crippen molar-refractivity contribution in [3.05, 3.63) is 58.9 Å². The average Bonchev–Trinajstić information content (AvgIpc) is 2.43. The monoisotopic (exact) mass is 293 g/mol. The minimum absolute atomic E-state index is 0.344. The van der Waals surface area contributed by atoms with Gasteiger partial charge >= 0.3 is 0 Å². The molecule has 0 aliphatic heterocycles. The van der Waals surface area contributed by atoms with Crippen LogP contribution in [0.15, 0.2) is 42.5 Å². The van der Waals surface area contributed by atoms with Gasteiger partial charge in [0, 0.05) is 17.3 Å². The van der Waals surface area contributed by atoms with Gasteiger partial charge in [0.25, 0.3) is 0 Å². The first kappa shape index (κ1) is 14.7. The number of nitrogens with one attached hydrogen (secondary N) is 1. The molecule has 2 nitrogen and oxygen atoms in total. The maximum absolute atomic E-state index is 13.2. The number of ether oxygens (including phenoxy) is 1. The summed E-state index contributed by atoms with van der Waals surface area (Å²) in [6.45, 7) is 3.40. The van der Waals surface area contributed by atoms with Crippen molar-refractivity contribution in [1.82, 2.24) is 0 Å². The summed E-state index contributed by atoms with van der Waals surface area (Å²) in [5.41, 5.74) is 1.76. The maximum atomic E-state index is 13.2. The highest BCUT2D eigenvalue weighted by atomic mass is 35.5. The van der Waals surface area contributed by atoms with Crippen LogP contribution in [-0.4, -0.2) is 6.61 Å². The number of anilines is 1. The fourth-order valence-electron chi connectivity index (χ4n) is 1.78. The molecule has 2 aromatic carbocycles. The van der Waals surface area contributed by atoms with Crippen molar-refractivity contribution in [2.45, 2.75) is 19.9 Å². The Kier molecular flexibility index (Phi) is 5.24. The van der Waals surface area contributed by atoms with E-state index in [4.69, 9.17) is 16.3 Å². The van der Waals surface area contributed by atoms with Gasteiger partial charge < -0.3 is 10.1 Å². The smallest absolute Gasteiger partial charge is 0.126 e. The molecular formula is C16H17ClFNO. The van der Waals surface area contributed by atoms with E-state index >= 15 is 0 Å². The Hall–Kier alpha value is -1.74. The van der Waals surface area contributed by atoms with Gasteiger partial charge in [-0.1, -0.05) is 30.7 Å². The van der Waals surface area contributed by atoms with Gasteiger partial charge in [0.05, 0.1) is 6.61 Å². The summed E-state index contributed by atoms with van der Waals surface area (Å²) in [6, 6.07) is 12.2. The van der Waals surface area contributed by atoms with Crippen LogP contribution in [0, 0.1) is 5.82 Å². The summed E-state index contributed by atoms with van der Waals surface area (Å²) >= 11 is 5.80. The second kappa shape index (κ2) is 7.15. The van der Waals surface area contributed by atoms with Crippen molar-refractivity contribution in [3.63, 3.8) is 0 Å². The first-order valence-corrected chi connectivity index (χ1v) is 6.97. The van der Waals surface area contributed by atoms with Gasteiger partial charge in [0.2, 0.25) is 0 Å². The molecule has 2 rings (SSSR count). The van der Waals surface area contributed by atoms with Crippen LogP contribution in [-0.2, 0) is 6.54 Å². The zero-order valence-corrected chi connectivity index (χ0v) is 12.1. The Labute approximate surface area is 123 Å². The Balaban J connectivity index is 1.93. The maximum Gasteiger partial charge on any atom is 0.126 e. The van der Waals surface area contributed by atoms with E-state index in [1.165, 1.54) is 12.1 Å². The molecule has 0 aliphatic rings. The average molecular weight is 294 g/mol. The van der Waals surface area contributed by atoms with Crippen molar-refractivity contribution < 1.29 is 9.13 Å². The van der Waals surface area contributed by atoms with Crippen molar-refractivity contribution in [3.8, 4) is 5.75 Å². The molecule has 0 heterocycles. The van der Waals surface area contributed by atoms with E-state index in [0.717, 1.165) is 24.3 Å². The quantitative estimate of drug-likeness (QED) is 0.819. The van der Waals surface area contributed by atoms with Crippen molar-refractivity contribution in [2.75, 3.05) is 11.9 Å². The van der Waals surface area contributed by atoms with Crippen LogP contribution in [0.1, 0.15) is 18.9 Å². The van der Waals surface area contributed by atoms with Gasteiger partial charge in [-0.3, -0.25) is 0 Å². The second-order valence-electron chi connectivity index (χ2n) is 4.50. The van der Waals surface area contributed by atoms with Crippen LogP contribution in [0.3, 0.4) is 0 Å². The standard InChI is InChI=1S/C16H17ClFNO/c1-2-7-20-16-5-3-12(4-6-16)11-19-15-9-13(17)8-14(18)10-15/h3-6,8-10,19H,2,7,11H2,1H3. The summed E-state index contributed by atoms with van der Waals surface area (Å²) in [5.74, 6) is 0.521. The van der Waals surface area contributed by atoms with Crippen LogP contribution >= 0.6 is 11.6 Å². The van der Waals surface area contributed by atoms with Crippen molar-refractivity contribution >= 4 is 17.3 Å². The summed E-state index contributed by atoms with van der Waals surface area (Å²) < 4.78 is 18.7. The molecule has 0 unspecified atom stereocenters. The van der Waals surface area contributed by atoms with E-state index in [2.05, 4.69) is 12.2 Å². The summed E-state index contributed by atoms with van der Waals surface area (Å²) in [4.78, 5) is 0. The number of benzene rings is 2. The van der Waals surface area contributed by atoms with E-state index in [1.807, 2.05) is 24.3 Å². The van der Waals surface area contributed by atoms with E-state index in [0.29, 0.717) is 17.3 Å². The number of halogens is 2. The summed E-state index contributed by atoms with van der Waals surface area (Å²) in [5, 5.41) is 3.52. The Morgan fingerprint density at radius 2 is 1.90 bits per heavy atom. The van der Waals surface area contributed by atoms with Crippen LogP contribution in [0.4, 0.5) is 10.1 Å². The molecular weight excluding hydrogens is 277 g/mol. The first-order valence-electron chi connectivity index (χ1n) is 6.59. The topological polar surface area (TPSA) is 21.3 Å². The molecule has 0 bridgehead atoms. The Morgan fingerprint density at radius 3 is 2.55 bits per heavy atom. The molecule has 0 spiro atoms. The van der Waals surface area contributed by atoms with Gasteiger partial charge in [-0.25, -0.2) is 4.39 Å². The second-order valence-corrected chi connectivity index (χ2v) is 4.94. The predicted molar refractivity (Wildman–Crippen MR) is 81.0 cm³/mol. The van der Waals surface area contributed by atoms with Gasteiger partial charge in [-0.05, 0) is 42.3 Å². The lowest BCUT2D eigenvalue weighted by Crippen LogP contribution is -2.00. The molecule has 0 saturated carbocycles. The summed E-state index contributed by atoms with van der Waals surface area (Å²) in [7, 11) is 0. The first-order chi connectivity index (χ1) is 9.67. The zero-order valence-electron chi connectivity index (χ0n) is 11.3. The fourth-order valence-corrected chi connectivity index (χ4v) is 2.01. The molecule has 4 heteroatoms. The normalized spacial score (nSPS) is 10.3. The van der Waals surface area contributed by atoms with Crippen LogP contribution in [0.5, 0.6) is 5.75 Å². The molecule has 0 saturated heterocycles. The van der Waals surface area contributed by atoms with Gasteiger partial charge in [0.1, 0.15) is 11.6 Å². The molecule has 0 radical (unpaired) electrons. The molecule has 0 fully saturated rings. The minimum atomic E-state index is -0.344. The third-order valence-corrected chi connectivity index (χ3v) is 2.97. The highest BCUT2D eigenvalue weighted by Crippen LogP contribution is 2.19. The third kappa shape index (κ3) is 4.42. The SMILES string of the molecule is CCCOc1ccc(CNc2cc(F)cc(Cl)c2)cc1.